The minimum atomic E-state index is 0.278. The van der Waals surface area contributed by atoms with Gasteiger partial charge in [0.15, 0.2) is 0 Å². The first-order chi connectivity index (χ1) is 8.92. The van der Waals surface area contributed by atoms with E-state index in [4.69, 9.17) is 10.00 Å². The maximum absolute atomic E-state index is 8.45. The zero-order valence-corrected chi connectivity index (χ0v) is 10.1. The van der Waals surface area contributed by atoms with Gasteiger partial charge in [-0.25, -0.2) is 0 Å². The largest absolute Gasteiger partial charge is 0.427 e. The monoisotopic (exact) mass is 237 g/mol. The molecule has 0 spiro atoms. The molecule has 2 nitrogen and oxygen atoms in total. The van der Waals surface area contributed by atoms with E-state index in [1.165, 1.54) is 11.1 Å². The van der Waals surface area contributed by atoms with E-state index in [1.54, 1.807) is 6.26 Å². The smallest absolute Gasteiger partial charge is 0.286 e. The summed E-state index contributed by atoms with van der Waals surface area (Å²) in [6, 6.07) is 20.6. The molecule has 90 valence electrons. The van der Waals surface area contributed by atoms with Crippen LogP contribution in [0.25, 0.3) is 0 Å². The van der Waals surface area contributed by atoms with Crippen LogP contribution in [-0.4, -0.2) is 6.61 Å². The summed E-state index contributed by atoms with van der Waals surface area (Å²) in [6.45, 7) is 0.449. The van der Waals surface area contributed by atoms with Gasteiger partial charge in [0.25, 0.3) is 6.26 Å². The SMILES string of the molecule is N#COCCC(c1ccccc1)c1ccccc1. The quantitative estimate of drug-likeness (QED) is 0.586. The minimum absolute atomic E-state index is 0.278. The van der Waals surface area contributed by atoms with Crippen molar-refractivity contribution in [3.8, 4) is 6.26 Å². The van der Waals surface area contributed by atoms with E-state index in [2.05, 4.69) is 24.3 Å². The van der Waals surface area contributed by atoms with Gasteiger partial charge in [0.1, 0.15) is 6.61 Å². The van der Waals surface area contributed by atoms with Crippen molar-refractivity contribution < 1.29 is 4.74 Å². The Balaban J connectivity index is 2.21. The summed E-state index contributed by atoms with van der Waals surface area (Å²) in [4.78, 5) is 0. The Hall–Kier alpha value is -2.27. The van der Waals surface area contributed by atoms with Gasteiger partial charge in [-0.1, -0.05) is 60.7 Å². The number of ether oxygens (including phenoxy) is 1. The van der Waals surface area contributed by atoms with E-state index in [-0.39, 0.29) is 5.92 Å². The molecule has 0 saturated carbocycles. The van der Waals surface area contributed by atoms with Crippen LogP contribution in [0.15, 0.2) is 60.7 Å². The predicted molar refractivity (Wildman–Crippen MR) is 70.9 cm³/mol. The summed E-state index contributed by atoms with van der Waals surface area (Å²) in [5.41, 5.74) is 2.51. The maximum Gasteiger partial charge on any atom is 0.286 e. The van der Waals surface area contributed by atoms with Crippen molar-refractivity contribution in [2.45, 2.75) is 12.3 Å². The highest BCUT2D eigenvalue weighted by molar-refractivity contribution is 5.32. The molecule has 0 radical (unpaired) electrons. The van der Waals surface area contributed by atoms with E-state index in [9.17, 15) is 0 Å². The molecule has 2 aromatic carbocycles. The fourth-order valence-electron chi connectivity index (χ4n) is 2.12. The van der Waals surface area contributed by atoms with Crippen molar-refractivity contribution in [2.75, 3.05) is 6.61 Å². The molecule has 0 atom stereocenters. The first kappa shape index (κ1) is 12.2. The molecule has 0 aliphatic heterocycles. The lowest BCUT2D eigenvalue weighted by atomic mass is 9.89. The predicted octanol–water partition coefficient (Wildman–Crippen LogP) is 3.71. The van der Waals surface area contributed by atoms with E-state index >= 15 is 0 Å². The van der Waals surface area contributed by atoms with Crippen LogP contribution in [0.1, 0.15) is 23.5 Å². The van der Waals surface area contributed by atoms with E-state index in [1.807, 2.05) is 36.4 Å². The zero-order valence-electron chi connectivity index (χ0n) is 10.1. The average Bonchev–Trinajstić information content (AvgIpc) is 2.46. The zero-order chi connectivity index (χ0) is 12.6. The highest BCUT2D eigenvalue weighted by atomic mass is 16.5. The molecule has 0 aliphatic carbocycles. The molecule has 2 heteroatoms. The number of hydrogen-bond donors (Lipinski definition) is 0. The van der Waals surface area contributed by atoms with E-state index in [0.717, 1.165) is 6.42 Å². The molecule has 0 amide bonds. The van der Waals surface area contributed by atoms with Gasteiger partial charge in [-0.05, 0) is 17.5 Å². The van der Waals surface area contributed by atoms with Crippen molar-refractivity contribution in [3.63, 3.8) is 0 Å². The van der Waals surface area contributed by atoms with Crippen LogP contribution in [0.3, 0.4) is 0 Å². The third-order valence-corrected chi connectivity index (χ3v) is 2.98. The summed E-state index contributed by atoms with van der Waals surface area (Å²) >= 11 is 0. The second-order valence-corrected chi connectivity index (χ2v) is 4.10. The number of hydrogen-bond acceptors (Lipinski definition) is 2. The van der Waals surface area contributed by atoms with E-state index in [0.29, 0.717) is 6.61 Å². The molecule has 0 N–H and O–H groups in total. The van der Waals surface area contributed by atoms with Gasteiger partial charge in [-0.3, -0.25) is 0 Å². The molecule has 0 bridgehead atoms. The Morgan fingerprint density at radius 3 is 1.83 bits per heavy atom. The maximum atomic E-state index is 8.45. The number of rotatable bonds is 5. The van der Waals surface area contributed by atoms with Crippen molar-refractivity contribution >= 4 is 0 Å². The number of benzene rings is 2. The van der Waals surface area contributed by atoms with Crippen molar-refractivity contribution in [2.24, 2.45) is 0 Å². The topological polar surface area (TPSA) is 33.0 Å². The van der Waals surface area contributed by atoms with Gasteiger partial charge in [0, 0.05) is 5.92 Å². The lowest BCUT2D eigenvalue weighted by molar-refractivity contribution is 0.259. The fourth-order valence-corrected chi connectivity index (χ4v) is 2.12. The van der Waals surface area contributed by atoms with E-state index < -0.39 is 0 Å². The fraction of sp³-hybridized carbons (Fsp3) is 0.188. The first-order valence-corrected chi connectivity index (χ1v) is 6.02. The highest BCUT2D eigenvalue weighted by Gasteiger charge is 2.13. The molecule has 0 aromatic heterocycles. The highest BCUT2D eigenvalue weighted by Crippen LogP contribution is 2.27. The molecule has 2 aromatic rings. The Morgan fingerprint density at radius 1 is 0.889 bits per heavy atom. The summed E-state index contributed by atoms with van der Waals surface area (Å²) in [5.74, 6) is 0.278. The Kier molecular flexibility index (Phi) is 4.38. The summed E-state index contributed by atoms with van der Waals surface area (Å²) in [7, 11) is 0. The second kappa shape index (κ2) is 6.46. The molecule has 0 unspecified atom stereocenters. The number of nitrogens with zero attached hydrogens (tertiary/aromatic N) is 1. The normalized spacial score (nSPS) is 10.0. The summed E-state index contributed by atoms with van der Waals surface area (Å²) in [6.07, 6.45) is 2.53. The molecule has 2 rings (SSSR count). The standard InChI is InChI=1S/C16H15NO/c17-13-18-12-11-16(14-7-3-1-4-8-14)15-9-5-2-6-10-15/h1-10,16H,11-12H2. The molecule has 0 aliphatic rings. The Bertz CT molecular complexity index is 462. The van der Waals surface area contributed by atoms with Gasteiger partial charge in [0.2, 0.25) is 0 Å². The molecule has 18 heavy (non-hydrogen) atoms. The van der Waals surface area contributed by atoms with Crippen molar-refractivity contribution in [1.82, 2.24) is 0 Å². The first-order valence-electron chi connectivity index (χ1n) is 6.02. The van der Waals surface area contributed by atoms with Gasteiger partial charge < -0.3 is 4.74 Å². The van der Waals surface area contributed by atoms with Crippen molar-refractivity contribution in [1.29, 1.82) is 5.26 Å². The molecular formula is C16H15NO. The van der Waals surface area contributed by atoms with Crippen LogP contribution in [0.2, 0.25) is 0 Å². The third kappa shape index (κ3) is 3.11. The Labute approximate surface area is 107 Å². The second-order valence-electron chi connectivity index (χ2n) is 4.10. The van der Waals surface area contributed by atoms with Crippen LogP contribution in [-0.2, 0) is 4.74 Å². The average molecular weight is 237 g/mol. The van der Waals surface area contributed by atoms with Crippen LogP contribution >= 0.6 is 0 Å². The molecular weight excluding hydrogens is 222 g/mol. The van der Waals surface area contributed by atoms with Gasteiger partial charge in [-0.15, -0.1) is 0 Å². The van der Waals surface area contributed by atoms with Crippen LogP contribution in [0.4, 0.5) is 0 Å². The van der Waals surface area contributed by atoms with Gasteiger partial charge in [0.05, 0.1) is 0 Å². The van der Waals surface area contributed by atoms with Crippen molar-refractivity contribution in [3.05, 3.63) is 71.8 Å². The molecule has 0 heterocycles. The van der Waals surface area contributed by atoms with Crippen LogP contribution in [0, 0.1) is 11.5 Å². The summed E-state index contributed by atoms with van der Waals surface area (Å²) in [5, 5.41) is 8.45. The minimum Gasteiger partial charge on any atom is -0.427 e. The van der Waals surface area contributed by atoms with Gasteiger partial charge >= 0.3 is 0 Å². The summed E-state index contributed by atoms with van der Waals surface area (Å²) < 4.78 is 4.81. The van der Waals surface area contributed by atoms with Crippen LogP contribution in [0.5, 0.6) is 0 Å². The van der Waals surface area contributed by atoms with Crippen LogP contribution < -0.4 is 0 Å². The lowest BCUT2D eigenvalue weighted by Crippen LogP contribution is -2.04. The van der Waals surface area contributed by atoms with Gasteiger partial charge in [-0.2, -0.15) is 5.26 Å². The molecule has 0 fully saturated rings. The number of nitriles is 1. The third-order valence-electron chi connectivity index (χ3n) is 2.98. The Morgan fingerprint density at radius 2 is 1.39 bits per heavy atom. The molecule has 0 saturated heterocycles. The lowest BCUT2D eigenvalue weighted by Gasteiger charge is -2.17.